The fourth-order valence-corrected chi connectivity index (χ4v) is 1.60. The largest absolute Gasteiger partial charge is 0.342 e. The highest BCUT2D eigenvalue weighted by molar-refractivity contribution is 5.86. The van der Waals surface area contributed by atoms with E-state index in [-0.39, 0.29) is 18.4 Å². The van der Waals surface area contributed by atoms with E-state index >= 15 is 0 Å². The molecule has 2 aliphatic rings. The van der Waals surface area contributed by atoms with Gasteiger partial charge in [0.15, 0.2) is 0 Å². The number of nitrogens with zero attached hydrogens (tertiary/aromatic N) is 2. The molecule has 0 unspecified atom stereocenters. The van der Waals surface area contributed by atoms with E-state index in [2.05, 4.69) is 5.32 Å². The summed E-state index contributed by atoms with van der Waals surface area (Å²) in [5.41, 5.74) is 0. The Morgan fingerprint density at radius 1 is 1.47 bits per heavy atom. The second-order valence-electron chi connectivity index (χ2n) is 4.29. The van der Waals surface area contributed by atoms with Gasteiger partial charge < -0.3 is 15.1 Å². The predicted octanol–water partition coefficient (Wildman–Crippen LogP) is -0.961. The zero-order valence-corrected chi connectivity index (χ0v) is 9.03. The summed E-state index contributed by atoms with van der Waals surface area (Å²) in [6, 6.07) is 0.539. The van der Waals surface area contributed by atoms with E-state index < -0.39 is 0 Å². The first-order valence-electron chi connectivity index (χ1n) is 5.42. The Balaban J connectivity index is 1.76. The Bertz CT molecular complexity index is 276. The third-order valence-electron chi connectivity index (χ3n) is 2.93. The highest BCUT2D eigenvalue weighted by Gasteiger charge is 2.26. The van der Waals surface area contributed by atoms with Gasteiger partial charge in [0.1, 0.15) is 0 Å². The van der Waals surface area contributed by atoms with E-state index in [1.807, 2.05) is 0 Å². The summed E-state index contributed by atoms with van der Waals surface area (Å²) in [6.45, 7) is 1.92. The third-order valence-corrected chi connectivity index (χ3v) is 2.93. The number of piperazine rings is 1. The second kappa shape index (κ2) is 4.18. The minimum absolute atomic E-state index is 0.0287. The molecule has 0 spiro atoms. The van der Waals surface area contributed by atoms with Gasteiger partial charge in [-0.1, -0.05) is 0 Å². The summed E-state index contributed by atoms with van der Waals surface area (Å²) in [5, 5.41) is 3.16. The molecule has 0 atom stereocenters. The monoisotopic (exact) mass is 211 g/mol. The van der Waals surface area contributed by atoms with Crippen LogP contribution in [0.3, 0.4) is 0 Å². The van der Waals surface area contributed by atoms with Crippen molar-refractivity contribution in [3.63, 3.8) is 0 Å². The molecule has 0 aromatic carbocycles. The molecule has 5 nitrogen and oxygen atoms in total. The highest BCUT2D eigenvalue weighted by atomic mass is 16.2. The normalized spacial score (nSPS) is 22.1. The van der Waals surface area contributed by atoms with E-state index in [0.29, 0.717) is 25.7 Å². The average molecular weight is 211 g/mol. The van der Waals surface area contributed by atoms with Gasteiger partial charge in [-0.05, 0) is 12.8 Å². The van der Waals surface area contributed by atoms with E-state index in [4.69, 9.17) is 0 Å². The van der Waals surface area contributed by atoms with Gasteiger partial charge in [-0.15, -0.1) is 0 Å². The fourth-order valence-electron chi connectivity index (χ4n) is 1.60. The van der Waals surface area contributed by atoms with Gasteiger partial charge in [0.25, 0.3) is 0 Å². The summed E-state index contributed by atoms with van der Waals surface area (Å²) in [5.74, 6) is 0.0735. The lowest BCUT2D eigenvalue weighted by molar-refractivity contribution is -0.143. The molecule has 0 radical (unpaired) electrons. The van der Waals surface area contributed by atoms with Crippen LogP contribution in [-0.4, -0.2) is 60.9 Å². The molecule has 84 valence electrons. The van der Waals surface area contributed by atoms with Gasteiger partial charge in [-0.2, -0.15) is 0 Å². The van der Waals surface area contributed by atoms with Crippen LogP contribution in [0.4, 0.5) is 0 Å². The maximum Gasteiger partial charge on any atom is 0.241 e. The summed E-state index contributed by atoms with van der Waals surface area (Å²) in [7, 11) is 1.77. The molecule has 1 aliphatic carbocycles. The smallest absolute Gasteiger partial charge is 0.241 e. The number of rotatable bonds is 3. The summed E-state index contributed by atoms with van der Waals surface area (Å²) in [4.78, 5) is 26.3. The Morgan fingerprint density at radius 2 is 2.20 bits per heavy atom. The van der Waals surface area contributed by atoms with Crippen molar-refractivity contribution in [2.45, 2.75) is 18.9 Å². The molecule has 2 fully saturated rings. The lowest BCUT2D eigenvalue weighted by Gasteiger charge is -2.32. The van der Waals surface area contributed by atoms with Gasteiger partial charge in [0.2, 0.25) is 11.8 Å². The Morgan fingerprint density at radius 3 is 2.80 bits per heavy atom. The molecule has 5 heteroatoms. The minimum Gasteiger partial charge on any atom is -0.342 e. The van der Waals surface area contributed by atoms with E-state index in [1.165, 1.54) is 12.8 Å². The molecule has 0 aromatic rings. The second-order valence-corrected chi connectivity index (χ2v) is 4.29. The van der Waals surface area contributed by atoms with Crippen molar-refractivity contribution in [1.82, 2.24) is 15.1 Å². The molecule has 1 aliphatic heterocycles. The quantitative estimate of drug-likeness (QED) is 0.654. The lowest BCUT2D eigenvalue weighted by Crippen LogP contribution is -2.52. The van der Waals surface area contributed by atoms with E-state index in [0.717, 1.165) is 0 Å². The molecule has 1 saturated heterocycles. The molecule has 0 aromatic heterocycles. The first-order valence-corrected chi connectivity index (χ1v) is 5.42. The molecule has 2 amide bonds. The minimum atomic E-state index is 0.0287. The van der Waals surface area contributed by atoms with Crippen molar-refractivity contribution >= 4 is 11.8 Å². The first kappa shape index (κ1) is 10.4. The fraction of sp³-hybridized carbons (Fsp3) is 0.800. The summed E-state index contributed by atoms with van der Waals surface area (Å²) < 4.78 is 0. The van der Waals surface area contributed by atoms with E-state index in [1.54, 1.807) is 16.8 Å². The third kappa shape index (κ3) is 2.68. The Kier molecular flexibility index (Phi) is 2.90. The van der Waals surface area contributed by atoms with Gasteiger partial charge in [0, 0.05) is 26.2 Å². The zero-order chi connectivity index (χ0) is 10.8. The number of amides is 2. The first-order chi connectivity index (χ1) is 7.16. The van der Waals surface area contributed by atoms with Crippen LogP contribution >= 0.6 is 0 Å². The van der Waals surface area contributed by atoms with Gasteiger partial charge in [0.05, 0.1) is 13.1 Å². The Hall–Kier alpha value is -1.10. The maximum absolute atomic E-state index is 11.7. The summed E-state index contributed by atoms with van der Waals surface area (Å²) in [6.07, 6.45) is 2.35. The predicted molar refractivity (Wildman–Crippen MR) is 55.2 cm³/mol. The van der Waals surface area contributed by atoms with Crippen LogP contribution in [0.15, 0.2) is 0 Å². The van der Waals surface area contributed by atoms with Crippen LogP contribution in [0.25, 0.3) is 0 Å². The van der Waals surface area contributed by atoms with Crippen LogP contribution in [0, 0.1) is 0 Å². The Labute approximate surface area is 89.4 Å². The molecule has 1 N–H and O–H groups in total. The SMILES string of the molecule is CN1CCN(C(=O)CNC2CC2)CC1=O. The van der Waals surface area contributed by atoms with Crippen LogP contribution in [-0.2, 0) is 9.59 Å². The van der Waals surface area contributed by atoms with Crippen LogP contribution < -0.4 is 5.32 Å². The number of likely N-dealkylation sites (N-methyl/N-ethyl adjacent to an activating group) is 1. The number of hydrogen-bond donors (Lipinski definition) is 1. The molecule has 1 saturated carbocycles. The molecule has 15 heavy (non-hydrogen) atoms. The number of hydrogen-bond acceptors (Lipinski definition) is 3. The lowest BCUT2D eigenvalue weighted by atomic mass is 10.3. The topological polar surface area (TPSA) is 52.6 Å². The van der Waals surface area contributed by atoms with Crippen LogP contribution in [0.5, 0.6) is 0 Å². The van der Waals surface area contributed by atoms with Crippen molar-refractivity contribution in [2.24, 2.45) is 0 Å². The molecular weight excluding hydrogens is 194 g/mol. The maximum atomic E-state index is 11.7. The molecule has 0 bridgehead atoms. The summed E-state index contributed by atoms with van der Waals surface area (Å²) >= 11 is 0. The van der Waals surface area contributed by atoms with Gasteiger partial charge in [-0.25, -0.2) is 0 Å². The van der Waals surface area contributed by atoms with Gasteiger partial charge in [-0.3, -0.25) is 9.59 Å². The number of nitrogens with one attached hydrogen (secondary N) is 1. The van der Waals surface area contributed by atoms with Crippen molar-refractivity contribution in [2.75, 3.05) is 33.2 Å². The molecule has 1 heterocycles. The van der Waals surface area contributed by atoms with Crippen molar-refractivity contribution in [1.29, 1.82) is 0 Å². The average Bonchev–Trinajstić information content (AvgIpc) is 3.02. The highest BCUT2D eigenvalue weighted by Crippen LogP contribution is 2.18. The molecule has 2 rings (SSSR count). The molecular formula is C10H17N3O2. The standard InChI is InChI=1S/C10H17N3O2/c1-12-4-5-13(7-10(12)15)9(14)6-11-8-2-3-8/h8,11H,2-7H2,1H3. The zero-order valence-electron chi connectivity index (χ0n) is 9.03. The van der Waals surface area contributed by atoms with E-state index in [9.17, 15) is 9.59 Å². The number of carbonyl (C=O) groups excluding carboxylic acids is 2. The van der Waals surface area contributed by atoms with Gasteiger partial charge >= 0.3 is 0 Å². The van der Waals surface area contributed by atoms with Crippen LogP contribution in [0.1, 0.15) is 12.8 Å². The van der Waals surface area contributed by atoms with Crippen molar-refractivity contribution < 1.29 is 9.59 Å². The van der Waals surface area contributed by atoms with Crippen molar-refractivity contribution in [3.05, 3.63) is 0 Å². The number of carbonyl (C=O) groups is 2. The van der Waals surface area contributed by atoms with Crippen molar-refractivity contribution in [3.8, 4) is 0 Å². The van der Waals surface area contributed by atoms with Crippen LogP contribution in [0.2, 0.25) is 0 Å².